The van der Waals surface area contributed by atoms with Gasteiger partial charge in [-0.3, -0.25) is 19.3 Å². The van der Waals surface area contributed by atoms with Crippen molar-refractivity contribution in [1.29, 1.82) is 0 Å². The van der Waals surface area contributed by atoms with Gasteiger partial charge in [0.05, 0.1) is 17.4 Å². The number of carbonyl (C=O) groups excluding carboxylic acids is 3. The molecule has 1 saturated heterocycles. The summed E-state index contributed by atoms with van der Waals surface area (Å²) in [4.78, 5) is 49.4. The lowest BCUT2D eigenvalue weighted by Crippen LogP contribution is -2.38. The number of hydrogen-bond acceptors (Lipinski definition) is 4. The zero-order chi connectivity index (χ0) is 19.0. The third-order valence-electron chi connectivity index (χ3n) is 4.72. The van der Waals surface area contributed by atoms with E-state index in [1.54, 1.807) is 0 Å². The van der Waals surface area contributed by atoms with Gasteiger partial charge in [-0.1, -0.05) is 31.9 Å². The Hall–Kier alpha value is -1.74. The first-order chi connectivity index (χ1) is 12.3. The third-order valence-corrected chi connectivity index (χ3v) is 7.45. The molecular weight excluding hydrogens is 472 g/mol. The molecule has 0 unspecified atom stereocenters. The molecule has 1 heterocycles. The monoisotopic (exact) mass is 486 g/mol. The number of rotatable bonds is 4. The van der Waals surface area contributed by atoms with Crippen molar-refractivity contribution in [2.24, 2.45) is 11.8 Å². The molecule has 9 heteroatoms. The van der Waals surface area contributed by atoms with Crippen molar-refractivity contribution < 1.29 is 24.3 Å². The number of amides is 3. The zero-order valence-corrected chi connectivity index (χ0v) is 16.7. The minimum atomic E-state index is -1.06. The highest BCUT2D eigenvalue weighted by Crippen LogP contribution is 2.43. The van der Waals surface area contributed by atoms with E-state index < -0.39 is 11.9 Å². The standard InChI is InChI=1S/C17H16Br2N2O5/c18-12-5-10-11(6-13(12)19)16(24)21(15(10)23)7-14(22)20-9-3-1-8(2-4-9)17(25)26/h1-4,10-13H,5-7H2,(H,20,22)(H,25,26)/t10-,11+,12-,13-/m0/s1. The predicted octanol–water partition coefficient (Wildman–Crippen LogP) is 2.25. The number of nitrogens with one attached hydrogen (secondary N) is 1. The highest BCUT2D eigenvalue weighted by molar-refractivity contribution is 9.12. The molecule has 4 atom stereocenters. The summed E-state index contributed by atoms with van der Waals surface area (Å²) in [6.07, 6.45) is 1.11. The van der Waals surface area contributed by atoms with E-state index in [-0.39, 0.29) is 45.4 Å². The Morgan fingerprint density at radius 2 is 1.54 bits per heavy atom. The Balaban J connectivity index is 1.65. The van der Waals surface area contributed by atoms with Gasteiger partial charge in [0.1, 0.15) is 6.54 Å². The van der Waals surface area contributed by atoms with Crippen molar-refractivity contribution in [1.82, 2.24) is 4.90 Å². The number of carboxylic acids is 1. The van der Waals surface area contributed by atoms with Gasteiger partial charge in [-0.2, -0.15) is 0 Å². The molecular formula is C17H16Br2N2O5. The number of fused-ring (bicyclic) bond motifs is 1. The van der Waals surface area contributed by atoms with Crippen LogP contribution in [0.2, 0.25) is 0 Å². The van der Waals surface area contributed by atoms with Gasteiger partial charge < -0.3 is 10.4 Å². The quantitative estimate of drug-likeness (QED) is 0.500. The highest BCUT2D eigenvalue weighted by Gasteiger charge is 2.52. The summed E-state index contributed by atoms with van der Waals surface area (Å²) in [6, 6.07) is 5.65. The van der Waals surface area contributed by atoms with E-state index >= 15 is 0 Å². The van der Waals surface area contributed by atoms with Gasteiger partial charge >= 0.3 is 5.97 Å². The number of imide groups is 1. The van der Waals surface area contributed by atoms with Crippen molar-refractivity contribution in [3.05, 3.63) is 29.8 Å². The minimum absolute atomic E-state index is 0.102. The van der Waals surface area contributed by atoms with Gasteiger partial charge in [0.2, 0.25) is 17.7 Å². The number of benzene rings is 1. The molecule has 138 valence electrons. The van der Waals surface area contributed by atoms with E-state index in [4.69, 9.17) is 5.11 Å². The van der Waals surface area contributed by atoms with E-state index in [9.17, 15) is 19.2 Å². The van der Waals surface area contributed by atoms with Crippen LogP contribution in [0, 0.1) is 11.8 Å². The van der Waals surface area contributed by atoms with Crippen LogP contribution in [0.25, 0.3) is 0 Å². The molecule has 1 saturated carbocycles. The number of likely N-dealkylation sites (tertiary alicyclic amines) is 1. The maximum atomic E-state index is 12.5. The van der Waals surface area contributed by atoms with Crippen LogP contribution in [-0.2, 0) is 14.4 Å². The number of hydrogen-bond donors (Lipinski definition) is 2. The molecule has 3 amide bonds. The number of aromatic carboxylic acids is 1. The Labute approximate surface area is 166 Å². The zero-order valence-electron chi connectivity index (χ0n) is 13.5. The van der Waals surface area contributed by atoms with Gasteiger partial charge in [0.15, 0.2) is 0 Å². The number of anilines is 1. The second-order valence-corrected chi connectivity index (χ2v) is 8.76. The predicted molar refractivity (Wildman–Crippen MR) is 100 cm³/mol. The fraction of sp³-hybridized carbons (Fsp3) is 0.412. The number of carbonyl (C=O) groups is 4. The SMILES string of the molecule is O=C(CN1C(=O)[C@H]2C[C@H](Br)[C@@H](Br)C[C@H]2C1=O)Nc1ccc(C(=O)O)cc1. The molecule has 1 aliphatic heterocycles. The van der Waals surface area contributed by atoms with E-state index in [0.29, 0.717) is 18.5 Å². The molecule has 0 aromatic heterocycles. The molecule has 1 aromatic rings. The lowest BCUT2D eigenvalue weighted by molar-refractivity contribution is -0.142. The van der Waals surface area contributed by atoms with E-state index in [1.165, 1.54) is 24.3 Å². The first kappa shape index (κ1) is 19.0. The molecule has 0 spiro atoms. The van der Waals surface area contributed by atoms with Crippen LogP contribution < -0.4 is 5.32 Å². The topological polar surface area (TPSA) is 104 Å². The number of halogens is 2. The van der Waals surface area contributed by atoms with Crippen LogP contribution in [0.1, 0.15) is 23.2 Å². The fourth-order valence-corrected chi connectivity index (χ4v) is 4.60. The number of alkyl halides is 2. The van der Waals surface area contributed by atoms with Crippen LogP contribution in [0.5, 0.6) is 0 Å². The Bertz CT molecular complexity index is 739. The van der Waals surface area contributed by atoms with Crippen LogP contribution >= 0.6 is 31.9 Å². The second-order valence-electron chi connectivity index (χ2n) is 6.41. The lowest BCUT2D eigenvalue weighted by Gasteiger charge is -2.29. The molecule has 1 aromatic carbocycles. The first-order valence-electron chi connectivity index (χ1n) is 8.04. The Morgan fingerprint density at radius 3 is 2.00 bits per heavy atom. The minimum Gasteiger partial charge on any atom is -0.478 e. The summed E-state index contributed by atoms with van der Waals surface area (Å²) < 4.78 is 0. The summed E-state index contributed by atoms with van der Waals surface area (Å²) in [5.74, 6) is -2.94. The average Bonchev–Trinajstić information content (AvgIpc) is 2.80. The summed E-state index contributed by atoms with van der Waals surface area (Å²) in [6.45, 7) is -0.342. The molecule has 7 nitrogen and oxygen atoms in total. The molecule has 1 aliphatic carbocycles. The smallest absolute Gasteiger partial charge is 0.335 e. The van der Waals surface area contributed by atoms with Gasteiger partial charge in [-0.05, 0) is 37.1 Å². The maximum absolute atomic E-state index is 12.5. The summed E-state index contributed by atoms with van der Waals surface area (Å²) in [5.41, 5.74) is 0.503. The van der Waals surface area contributed by atoms with Crippen LogP contribution in [0.15, 0.2) is 24.3 Å². The Morgan fingerprint density at radius 1 is 1.04 bits per heavy atom. The number of nitrogens with zero attached hydrogens (tertiary/aromatic N) is 1. The molecule has 0 radical (unpaired) electrons. The van der Waals surface area contributed by atoms with Crippen molar-refractivity contribution in [3.63, 3.8) is 0 Å². The molecule has 2 aliphatic rings. The van der Waals surface area contributed by atoms with Crippen molar-refractivity contribution >= 4 is 61.2 Å². The molecule has 2 fully saturated rings. The second kappa shape index (κ2) is 7.48. The van der Waals surface area contributed by atoms with Gasteiger partial charge in [0, 0.05) is 15.3 Å². The molecule has 26 heavy (non-hydrogen) atoms. The van der Waals surface area contributed by atoms with E-state index in [2.05, 4.69) is 37.2 Å². The van der Waals surface area contributed by atoms with Crippen molar-refractivity contribution in [2.75, 3.05) is 11.9 Å². The Kier molecular flexibility index (Phi) is 5.47. The average molecular weight is 488 g/mol. The third kappa shape index (κ3) is 3.68. The van der Waals surface area contributed by atoms with Crippen molar-refractivity contribution in [3.8, 4) is 0 Å². The van der Waals surface area contributed by atoms with Gasteiger partial charge in [-0.25, -0.2) is 4.79 Å². The van der Waals surface area contributed by atoms with Gasteiger partial charge in [0.25, 0.3) is 0 Å². The summed E-state index contributed by atoms with van der Waals surface area (Å²) in [7, 11) is 0. The molecule has 2 N–H and O–H groups in total. The molecule has 3 rings (SSSR count). The highest BCUT2D eigenvalue weighted by atomic mass is 79.9. The lowest BCUT2D eigenvalue weighted by atomic mass is 9.81. The van der Waals surface area contributed by atoms with Crippen molar-refractivity contribution in [2.45, 2.75) is 22.5 Å². The first-order valence-corrected chi connectivity index (χ1v) is 9.87. The van der Waals surface area contributed by atoms with Crippen LogP contribution in [-0.4, -0.2) is 49.9 Å². The summed E-state index contributed by atoms with van der Waals surface area (Å²) >= 11 is 7.04. The molecule has 0 bridgehead atoms. The maximum Gasteiger partial charge on any atom is 0.335 e. The largest absolute Gasteiger partial charge is 0.478 e. The fourth-order valence-electron chi connectivity index (χ4n) is 3.36. The van der Waals surface area contributed by atoms with Crippen LogP contribution in [0.4, 0.5) is 5.69 Å². The summed E-state index contributed by atoms with van der Waals surface area (Å²) in [5, 5.41) is 11.4. The van der Waals surface area contributed by atoms with E-state index in [1.807, 2.05) is 0 Å². The number of carboxylic acid groups (broad SMARTS) is 1. The van der Waals surface area contributed by atoms with Gasteiger partial charge in [-0.15, -0.1) is 0 Å². The van der Waals surface area contributed by atoms with Crippen LogP contribution in [0.3, 0.4) is 0 Å². The normalized spacial score (nSPS) is 28.0. The van der Waals surface area contributed by atoms with E-state index in [0.717, 1.165) is 4.90 Å².